The lowest BCUT2D eigenvalue weighted by molar-refractivity contribution is 0.540. The first-order valence-corrected chi connectivity index (χ1v) is 5.91. The van der Waals surface area contributed by atoms with Gasteiger partial charge < -0.3 is 15.1 Å². The van der Waals surface area contributed by atoms with E-state index in [0.29, 0.717) is 30.3 Å². The van der Waals surface area contributed by atoms with Gasteiger partial charge in [0.25, 0.3) is 6.01 Å². The van der Waals surface area contributed by atoms with Crippen LogP contribution in [-0.4, -0.2) is 17.6 Å². The van der Waals surface area contributed by atoms with E-state index in [1.54, 1.807) is 12.1 Å². The van der Waals surface area contributed by atoms with Crippen molar-refractivity contribution in [3.8, 4) is 6.07 Å². The zero-order chi connectivity index (χ0) is 13.1. The lowest BCUT2D eigenvalue weighted by Crippen LogP contribution is -2.31. The number of hydrogen-bond donors (Lipinski definition) is 1. The summed E-state index contributed by atoms with van der Waals surface area (Å²) in [5.74, 6) is 0. The fourth-order valence-corrected chi connectivity index (χ4v) is 1.80. The molecule has 5 nitrogen and oxygen atoms in total. The van der Waals surface area contributed by atoms with Crippen LogP contribution in [0.2, 0.25) is 0 Å². The summed E-state index contributed by atoms with van der Waals surface area (Å²) in [6.07, 6.45) is 0.443. The molecule has 1 heterocycles. The van der Waals surface area contributed by atoms with Crippen LogP contribution in [0.15, 0.2) is 22.6 Å². The number of nitrogens with two attached hydrogens (primary N) is 1. The third kappa shape index (κ3) is 2.38. The van der Waals surface area contributed by atoms with Gasteiger partial charge in [-0.25, -0.2) is 0 Å². The van der Waals surface area contributed by atoms with Crippen molar-refractivity contribution in [2.75, 3.05) is 17.2 Å². The van der Waals surface area contributed by atoms with Crippen molar-refractivity contribution >= 4 is 22.8 Å². The third-order valence-corrected chi connectivity index (χ3v) is 2.73. The molecule has 94 valence electrons. The number of nitrogens with zero attached hydrogens (tertiary/aromatic N) is 3. The number of aromatic nitrogens is 1. The Hall–Kier alpha value is -2.22. The average Bonchev–Trinajstić information content (AvgIpc) is 2.71. The molecule has 0 aliphatic heterocycles. The van der Waals surface area contributed by atoms with E-state index in [-0.39, 0.29) is 6.04 Å². The summed E-state index contributed by atoms with van der Waals surface area (Å²) >= 11 is 0. The normalized spacial score (nSPS) is 10.8. The van der Waals surface area contributed by atoms with Crippen LogP contribution in [0.25, 0.3) is 11.1 Å². The minimum Gasteiger partial charge on any atom is -0.423 e. The highest BCUT2D eigenvalue weighted by atomic mass is 16.4. The van der Waals surface area contributed by atoms with Gasteiger partial charge in [-0.3, -0.25) is 0 Å². The molecule has 1 aromatic carbocycles. The maximum atomic E-state index is 8.68. The molecular weight excluding hydrogens is 228 g/mol. The minimum absolute atomic E-state index is 0.226. The van der Waals surface area contributed by atoms with Gasteiger partial charge in [-0.15, -0.1) is 0 Å². The molecule has 0 saturated heterocycles. The molecule has 0 saturated carbocycles. The zero-order valence-electron chi connectivity index (χ0n) is 10.6. The zero-order valence-corrected chi connectivity index (χ0v) is 10.6. The van der Waals surface area contributed by atoms with Crippen molar-refractivity contribution < 1.29 is 4.42 Å². The van der Waals surface area contributed by atoms with E-state index >= 15 is 0 Å². The molecule has 0 atom stereocenters. The van der Waals surface area contributed by atoms with E-state index < -0.39 is 0 Å². The van der Waals surface area contributed by atoms with E-state index in [4.69, 9.17) is 15.4 Å². The predicted octanol–water partition coefficient (Wildman–Crippen LogP) is 2.54. The molecule has 2 rings (SSSR count). The molecule has 0 fully saturated rings. The van der Waals surface area contributed by atoms with Crippen LogP contribution in [-0.2, 0) is 0 Å². The first-order valence-electron chi connectivity index (χ1n) is 5.91. The molecule has 0 spiro atoms. The third-order valence-electron chi connectivity index (χ3n) is 2.73. The van der Waals surface area contributed by atoms with E-state index in [1.807, 2.05) is 24.8 Å². The smallest absolute Gasteiger partial charge is 0.298 e. The molecule has 0 amide bonds. The molecule has 2 aromatic rings. The summed E-state index contributed by atoms with van der Waals surface area (Å²) in [4.78, 5) is 6.39. The Kier molecular flexibility index (Phi) is 3.38. The van der Waals surface area contributed by atoms with E-state index in [0.717, 1.165) is 5.52 Å². The van der Waals surface area contributed by atoms with Crippen LogP contribution < -0.4 is 10.6 Å². The number of fused-ring (bicyclic) bond motifs is 1. The number of nitriles is 1. The second-order valence-corrected chi connectivity index (χ2v) is 4.42. The van der Waals surface area contributed by atoms with Gasteiger partial charge in [-0.05, 0) is 32.0 Å². The van der Waals surface area contributed by atoms with Crippen LogP contribution in [0.4, 0.5) is 11.7 Å². The molecule has 0 bridgehead atoms. The molecule has 0 aliphatic rings. The van der Waals surface area contributed by atoms with E-state index in [1.165, 1.54) is 0 Å². The highest BCUT2D eigenvalue weighted by Gasteiger charge is 2.16. The van der Waals surface area contributed by atoms with Crippen LogP contribution in [0.1, 0.15) is 20.3 Å². The monoisotopic (exact) mass is 244 g/mol. The standard InChI is InChI=1S/C13H16N4O/c1-9(2)17(7-3-6-14)13-16-11-8-10(15)4-5-12(11)18-13/h4-5,8-9H,3,7,15H2,1-2H3. The number of anilines is 2. The molecular formula is C13H16N4O. The number of nitrogen functional groups attached to an aromatic ring is 1. The van der Waals surface area contributed by atoms with Crippen molar-refractivity contribution in [2.45, 2.75) is 26.3 Å². The molecule has 0 radical (unpaired) electrons. The average molecular weight is 244 g/mol. The molecule has 1 aromatic heterocycles. The molecule has 18 heavy (non-hydrogen) atoms. The van der Waals surface area contributed by atoms with Crippen molar-refractivity contribution in [2.24, 2.45) is 0 Å². The van der Waals surface area contributed by atoms with Gasteiger partial charge in [0, 0.05) is 18.3 Å². The maximum absolute atomic E-state index is 8.68. The van der Waals surface area contributed by atoms with Crippen molar-refractivity contribution in [3.05, 3.63) is 18.2 Å². The molecule has 5 heteroatoms. The summed E-state index contributed by atoms with van der Waals surface area (Å²) in [5, 5.41) is 8.68. The molecule has 0 aliphatic carbocycles. The van der Waals surface area contributed by atoms with Gasteiger partial charge >= 0.3 is 0 Å². The van der Waals surface area contributed by atoms with Gasteiger partial charge in [0.2, 0.25) is 0 Å². The Bertz CT molecular complexity index is 582. The van der Waals surface area contributed by atoms with Gasteiger partial charge in [-0.1, -0.05) is 0 Å². The van der Waals surface area contributed by atoms with Crippen molar-refractivity contribution in [3.63, 3.8) is 0 Å². The quantitative estimate of drug-likeness (QED) is 0.836. The topological polar surface area (TPSA) is 79.1 Å². The lowest BCUT2D eigenvalue weighted by atomic mass is 10.3. The maximum Gasteiger partial charge on any atom is 0.298 e. The number of rotatable bonds is 4. The van der Waals surface area contributed by atoms with Crippen molar-refractivity contribution in [1.29, 1.82) is 5.26 Å². The summed E-state index contributed by atoms with van der Waals surface area (Å²) in [6, 6.07) is 8.28. The Morgan fingerprint density at radius 3 is 2.94 bits per heavy atom. The van der Waals surface area contributed by atoms with Crippen LogP contribution >= 0.6 is 0 Å². The Labute approximate surface area is 106 Å². The Morgan fingerprint density at radius 1 is 1.50 bits per heavy atom. The molecule has 0 unspecified atom stereocenters. The van der Waals surface area contributed by atoms with Crippen LogP contribution in [0, 0.1) is 11.3 Å². The highest BCUT2D eigenvalue weighted by Crippen LogP contribution is 2.24. The van der Waals surface area contributed by atoms with E-state index in [2.05, 4.69) is 11.1 Å². The number of oxazole rings is 1. The number of hydrogen-bond acceptors (Lipinski definition) is 5. The van der Waals surface area contributed by atoms with Gasteiger partial charge in [0.15, 0.2) is 5.58 Å². The predicted molar refractivity (Wildman–Crippen MR) is 71.1 cm³/mol. The second-order valence-electron chi connectivity index (χ2n) is 4.42. The summed E-state index contributed by atoms with van der Waals surface area (Å²) in [6.45, 7) is 4.69. The van der Waals surface area contributed by atoms with Gasteiger partial charge in [-0.2, -0.15) is 10.2 Å². The number of benzene rings is 1. The lowest BCUT2D eigenvalue weighted by Gasteiger charge is -2.23. The minimum atomic E-state index is 0.226. The summed E-state index contributed by atoms with van der Waals surface area (Å²) in [7, 11) is 0. The summed E-state index contributed by atoms with van der Waals surface area (Å²) < 4.78 is 5.69. The first kappa shape index (κ1) is 12.2. The van der Waals surface area contributed by atoms with Gasteiger partial charge in [0.1, 0.15) is 5.52 Å². The molecule has 2 N–H and O–H groups in total. The first-order chi connectivity index (χ1) is 8.61. The van der Waals surface area contributed by atoms with Crippen LogP contribution in [0.5, 0.6) is 0 Å². The highest BCUT2D eigenvalue weighted by molar-refractivity contribution is 5.78. The Balaban J connectivity index is 2.35. The van der Waals surface area contributed by atoms with Gasteiger partial charge in [0.05, 0.1) is 12.5 Å². The largest absolute Gasteiger partial charge is 0.423 e. The Morgan fingerprint density at radius 2 is 2.28 bits per heavy atom. The second kappa shape index (κ2) is 4.96. The fraction of sp³-hybridized carbons (Fsp3) is 0.385. The van der Waals surface area contributed by atoms with Crippen LogP contribution in [0.3, 0.4) is 0 Å². The SMILES string of the molecule is CC(C)N(CCC#N)c1nc2cc(N)ccc2o1. The van der Waals surface area contributed by atoms with E-state index in [9.17, 15) is 0 Å². The summed E-state index contributed by atoms with van der Waals surface area (Å²) in [5.41, 5.74) is 7.83. The fourth-order valence-electron chi connectivity index (χ4n) is 1.80. The van der Waals surface area contributed by atoms with Crippen molar-refractivity contribution in [1.82, 2.24) is 4.98 Å².